The van der Waals surface area contributed by atoms with Gasteiger partial charge < -0.3 is 4.84 Å². The molecule has 0 saturated carbocycles. The summed E-state index contributed by atoms with van der Waals surface area (Å²) in [6, 6.07) is 0. The fraction of sp³-hybridized carbons (Fsp3) is 0.529. The first-order chi connectivity index (χ1) is 12.8. The number of rotatable bonds is 9. The highest BCUT2D eigenvalue weighted by atomic mass is 16.7. The highest BCUT2D eigenvalue weighted by Crippen LogP contribution is 2.15. The van der Waals surface area contributed by atoms with Crippen molar-refractivity contribution >= 4 is 35.5 Å². The molecule has 2 aliphatic heterocycles. The SMILES string of the molecule is CCC(=O)N(CCCCCC(=O)ON1C(=O)CCC1=O)N1C(=O)C=CC1=O. The fourth-order valence-corrected chi connectivity index (χ4v) is 2.66. The Labute approximate surface area is 155 Å². The molecular weight excluding hydrogens is 358 g/mol. The Morgan fingerprint density at radius 3 is 2.15 bits per heavy atom. The maximum Gasteiger partial charge on any atom is 0.333 e. The standard InChI is InChI=1S/C17H21N3O7/c1-2-12(21)18(19-13(22)7-8-14(19)23)11-5-3-4-6-17(26)27-20-15(24)9-10-16(20)25/h7-8H,2-6,9-11H2,1H3. The number of hydrazine groups is 1. The number of amides is 5. The van der Waals surface area contributed by atoms with Crippen LogP contribution in [0.2, 0.25) is 0 Å². The molecule has 0 unspecified atom stereocenters. The number of imide groups is 2. The van der Waals surface area contributed by atoms with Crippen molar-refractivity contribution in [3.05, 3.63) is 12.2 Å². The number of carbonyl (C=O) groups excluding carboxylic acids is 6. The molecule has 1 saturated heterocycles. The molecule has 0 atom stereocenters. The van der Waals surface area contributed by atoms with Gasteiger partial charge in [0, 0.05) is 44.4 Å². The minimum atomic E-state index is -0.686. The van der Waals surface area contributed by atoms with Crippen molar-refractivity contribution < 1.29 is 33.6 Å². The minimum Gasteiger partial charge on any atom is -0.330 e. The first-order valence-corrected chi connectivity index (χ1v) is 8.78. The third-order valence-electron chi connectivity index (χ3n) is 4.07. The van der Waals surface area contributed by atoms with Crippen molar-refractivity contribution in [2.24, 2.45) is 0 Å². The molecule has 0 aromatic heterocycles. The van der Waals surface area contributed by atoms with Crippen LogP contribution in [0.5, 0.6) is 0 Å². The third-order valence-corrected chi connectivity index (χ3v) is 4.07. The summed E-state index contributed by atoms with van der Waals surface area (Å²) in [5, 5.41) is 2.43. The van der Waals surface area contributed by atoms with Crippen LogP contribution in [0.4, 0.5) is 0 Å². The number of hydrogen-bond acceptors (Lipinski definition) is 7. The summed E-state index contributed by atoms with van der Waals surface area (Å²) in [5.41, 5.74) is 0. The van der Waals surface area contributed by atoms with E-state index in [-0.39, 0.29) is 38.1 Å². The Hall–Kier alpha value is -3.04. The zero-order valence-corrected chi connectivity index (χ0v) is 15.0. The number of nitrogens with zero attached hydrogens (tertiary/aromatic N) is 3. The maximum absolute atomic E-state index is 12.0. The minimum absolute atomic E-state index is 0.00190. The zero-order chi connectivity index (χ0) is 20.0. The van der Waals surface area contributed by atoms with Gasteiger partial charge in [-0.05, 0) is 12.8 Å². The molecule has 1 fully saturated rings. The predicted molar refractivity (Wildman–Crippen MR) is 88.6 cm³/mol. The van der Waals surface area contributed by atoms with Gasteiger partial charge in [0.1, 0.15) is 0 Å². The van der Waals surface area contributed by atoms with Gasteiger partial charge in [0.15, 0.2) is 0 Å². The lowest BCUT2D eigenvalue weighted by Gasteiger charge is -2.29. The summed E-state index contributed by atoms with van der Waals surface area (Å²) < 4.78 is 0. The van der Waals surface area contributed by atoms with Gasteiger partial charge in [-0.3, -0.25) is 24.0 Å². The van der Waals surface area contributed by atoms with E-state index in [1.54, 1.807) is 6.92 Å². The highest BCUT2D eigenvalue weighted by molar-refractivity contribution is 6.13. The second kappa shape index (κ2) is 9.06. The molecule has 27 heavy (non-hydrogen) atoms. The molecule has 146 valence electrons. The fourth-order valence-electron chi connectivity index (χ4n) is 2.66. The van der Waals surface area contributed by atoms with Crippen molar-refractivity contribution in [2.75, 3.05) is 6.54 Å². The summed E-state index contributed by atoms with van der Waals surface area (Å²) >= 11 is 0. The van der Waals surface area contributed by atoms with E-state index in [1.807, 2.05) is 0 Å². The zero-order valence-electron chi connectivity index (χ0n) is 15.0. The number of unbranched alkanes of at least 4 members (excludes halogenated alkanes) is 2. The first kappa shape index (κ1) is 20.3. The normalized spacial score (nSPS) is 16.5. The molecule has 2 aliphatic rings. The molecule has 0 spiro atoms. The van der Waals surface area contributed by atoms with Crippen molar-refractivity contribution in [1.82, 2.24) is 15.1 Å². The van der Waals surface area contributed by atoms with Gasteiger partial charge in [0.05, 0.1) is 0 Å². The molecule has 0 aliphatic carbocycles. The van der Waals surface area contributed by atoms with E-state index < -0.39 is 29.6 Å². The van der Waals surface area contributed by atoms with Gasteiger partial charge in [0.25, 0.3) is 23.6 Å². The molecule has 0 bridgehead atoms. The van der Waals surface area contributed by atoms with Gasteiger partial charge in [-0.1, -0.05) is 13.3 Å². The topological polar surface area (TPSA) is 121 Å². The van der Waals surface area contributed by atoms with Crippen LogP contribution in [0.3, 0.4) is 0 Å². The summed E-state index contributed by atoms with van der Waals surface area (Å²) in [5.74, 6) is -3.23. The van der Waals surface area contributed by atoms with Crippen molar-refractivity contribution in [2.45, 2.75) is 51.9 Å². The predicted octanol–water partition coefficient (Wildman–Crippen LogP) is 0.233. The van der Waals surface area contributed by atoms with Crippen LogP contribution in [-0.4, -0.2) is 57.1 Å². The smallest absolute Gasteiger partial charge is 0.330 e. The third kappa shape index (κ3) is 4.99. The van der Waals surface area contributed by atoms with Gasteiger partial charge in [-0.2, -0.15) is 5.01 Å². The van der Waals surface area contributed by atoms with E-state index in [4.69, 9.17) is 4.84 Å². The number of hydroxylamine groups is 2. The van der Waals surface area contributed by atoms with Gasteiger partial charge in [-0.25, -0.2) is 9.80 Å². The molecule has 5 amide bonds. The van der Waals surface area contributed by atoms with E-state index in [0.29, 0.717) is 24.3 Å². The van der Waals surface area contributed by atoms with Gasteiger partial charge in [-0.15, -0.1) is 5.06 Å². The van der Waals surface area contributed by atoms with E-state index in [9.17, 15) is 28.8 Å². The van der Waals surface area contributed by atoms with Crippen LogP contribution < -0.4 is 0 Å². The summed E-state index contributed by atoms with van der Waals surface area (Å²) in [6.07, 6.45) is 3.81. The highest BCUT2D eigenvalue weighted by Gasteiger charge is 2.33. The van der Waals surface area contributed by atoms with Crippen LogP contribution in [0.15, 0.2) is 12.2 Å². The summed E-state index contributed by atoms with van der Waals surface area (Å²) in [4.78, 5) is 74.7. The molecule has 2 rings (SSSR count). The van der Waals surface area contributed by atoms with Crippen molar-refractivity contribution in [3.63, 3.8) is 0 Å². The summed E-state index contributed by atoms with van der Waals surface area (Å²) in [6.45, 7) is 1.79. The quantitative estimate of drug-likeness (QED) is 0.415. The first-order valence-electron chi connectivity index (χ1n) is 8.78. The van der Waals surface area contributed by atoms with Gasteiger partial charge >= 0.3 is 5.97 Å². The Balaban J connectivity index is 1.74. The van der Waals surface area contributed by atoms with Crippen LogP contribution in [0, 0.1) is 0 Å². The Morgan fingerprint density at radius 1 is 1.00 bits per heavy atom. The van der Waals surface area contributed by atoms with Crippen LogP contribution in [0.1, 0.15) is 51.9 Å². The van der Waals surface area contributed by atoms with Crippen LogP contribution >= 0.6 is 0 Å². The molecule has 0 aromatic carbocycles. The van der Waals surface area contributed by atoms with Crippen LogP contribution in [-0.2, 0) is 33.6 Å². The molecule has 0 aromatic rings. The number of carbonyl (C=O) groups is 6. The largest absolute Gasteiger partial charge is 0.333 e. The molecular formula is C17H21N3O7. The number of hydrogen-bond donors (Lipinski definition) is 0. The second-order valence-corrected chi connectivity index (χ2v) is 6.05. The second-order valence-electron chi connectivity index (χ2n) is 6.05. The molecule has 0 radical (unpaired) electrons. The van der Waals surface area contributed by atoms with E-state index in [0.717, 1.165) is 22.2 Å². The lowest BCUT2D eigenvalue weighted by atomic mass is 10.2. The Bertz CT molecular complexity index is 667. The molecule has 10 nitrogen and oxygen atoms in total. The summed E-state index contributed by atoms with van der Waals surface area (Å²) in [7, 11) is 0. The van der Waals surface area contributed by atoms with E-state index >= 15 is 0 Å². The molecule has 2 heterocycles. The van der Waals surface area contributed by atoms with Crippen LogP contribution in [0.25, 0.3) is 0 Å². The Morgan fingerprint density at radius 2 is 1.59 bits per heavy atom. The van der Waals surface area contributed by atoms with Crippen molar-refractivity contribution in [1.29, 1.82) is 0 Å². The molecule has 0 N–H and O–H groups in total. The van der Waals surface area contributed by atoms with Crippen molar-refractivity contribution in [3.8, 4) is 0 Å². The Kier molecular flexibility index (Phi) is 6.80. The van der Waals surface area contributed by atoms with E-state index in [2.05, 4.69) is 0 Å². The average molecular weight is 379 g/mol. The lowest BCUT2D eigenvalue weighted by Crippen LogP contribution is -2.50. The van der Waals surface area contributed by atoms with E-state index in [1.165, 1.54) is 0 Å². The molecule has 10 heteroatoms. The monoisotopic (exact) mass is 379 g/mol. The lowest BCUT2D eigenvalue weighted by molar-refractivity contribution is -0.197. The van der Waals surface area contributed by atoms with Gasteiger partial charge in [0.2, 0.25) is 5.91 Å². The maximum atomic E-state index is 12.0. The average Bonchev–Trinajstić information content (AvgIpc) is 3.13.